The number of hydrogen-bond acceptors (Lipinski definition) is 5. The first-order valence-corrected chi connectivity index (χ1v) is 11.9. The maximum atomic E-state index is 13.8. The summed E-state index contributed by atoms with van der Waals surface area (Å²) in [6.45, 7) is 0.658. The van der Waals surface area contributed by atoms with Crippen LogP contribution in [0.2, 0.25) is 0 Å². The number of nitrogens with zero attached hydrogens (tertiary/aromatic N) is 5. The third-order valence-electron chi connectivity index (χ3n) is 6.30. The summed E-state index contributed by atoms with van der Waals surface area (Å²) in [4.78, 5) is 37.3. The average Bonchev–Trinajstić information content (AvgIpc) is 3.44. The normalized spacial score (nSPS) is 11.2. The number of rotatable bonds is 8. The smallest absolute Gasteiger partial charge is 0.256 e. The molecule has 3 aromatic heterocycles. The third kappa shape index (κ3) is 4.94. The summed E-state index contributed by atoms with van der Waals surface area (Å²) in [5, 5.41) is 2.94. The Kier molecular flexibility index (Phi) is 6.70. The van der Waals surface area contributed by atoms with Gasteiger partial charge in [0.05, 0.1) is 41.5 Å². The van der Waals surface area contributed by atoms with Gasteiger partial charge in [0.2, 0.25) is 5.91 Å². The van der Waals surface area contributed by atoms with Gasteiger partial charge in [0, 0.05) is 33.1 Å². The van der Waals surface area contributed by atoms with Gasteiger partial charge >= 0.3 is 0 Å². The molecule has 0 saturated carbocycles. The molecule has 0 radical (unpaired) electrons. The summed E-state index contributed by atoms with van der Waals surface area (Å²) in [5.41, 5.74) is 4.87. The topological polar surface area (TPSA) is 93.8 Å². The summed E-state index contributed by atoms with van der Waals surface area (Å²) in [7, 11) is 5.21. The number of carbonyl (C=O) groups excluding carboxylic acids is 2. The zero-order chi connectivity index (χ0) is 25.9. The Hall–Kier alpha value is -4.50. The van der Waals surface area contributed by atoms with Crippen LogP contribution in [0.1, 0.15) is 27.4 Å². The fraction of sp³-hybridized carbons (Fsp3) is 0.214. The van der Waals surface area contributed by atoms with Crippen LogP contribution in [0, 0.1) is 0 Å². The van der Waals surface area contributed by atoms with E-state index < -0.39 is 0 Å². The van der Waals surface area contributed by atoms with Crippen molar-refractivity contribution in [3.05, 3.63) is 95.7 Å². The van der Waals surface area contributed by atoms with Gasteiger partial charge in [-0.15, -0.1) is 0 Å². The minimum Gasteiger partial charge on any atom is -0.377 e. The molecule has 0 bridgehead atoms. The molecule has 0 saturated heterocycles. The predicted octanol–water partition coefficient (Wildman–Crippen LogP) is 3.82. The summed E-state index contributed by atoms with van der Waals surface area (Å²) >= 11 is 0. The Morgan fingerprint density at radius 3 is 2.65 bits per heavy atom. The maximum Gasteiger partial charge on any atom is 0.256 e. The molecule has 5 aromatic rings. The van der Waals surface area contributed by atoms with Crippen LogP contribution >= 0.6 is 0 Å². The van der Waals surface area contributed by atoms with Crippen molar-refractivity contribution in [1.29, 1.82) is 0 Å². The molecule has 188 valence electrons. The number of amides is 2. The highest BCUT2D eigenvalue weighted by Gasteiger charge is 2.22. The highest BCUT2D eigenvalue weighted by molar-refractivity contribution is 6.07. The lowest BCUT2D eigenvalue weighted by atomic mass is 10.1. The van der Waals surface area contributed by atoms with Crippen LogP contribution in [0.3, 0.4) is 0 Å². The van der Waals surface area contributed by atoms with E-state index in [9.17, 15) is 9.59 Å². The van der Waals surface area contributed by atoms with Crippen LogP contribution < -0.4 is 5.32 Å². The molecule has 9 heteroatoms. The van der Waals surface area contributed by atoms with E-state index in [1.54, 1.807) is 37.4 Å². The van der Waals surface area contributed by atoms with Crippen molar-refractivity contribution < 1.29 is 14.3 Å². The van der Waals surface area contributed by atoms with E-state index in [1.807, 2.05) is 70.7 Å². The Balaban J connectivity index is 1.48. The van der Waals surface area contributed by atoms with Gasteiger partial charge in [-0.3, -0.25) is 9.59 Å². The van der Waals surface area contributed by atoms with Gasteiger partial charge in [-0.05, 0) is 29.8 Å². The molecule has 0 aliphatic rings. The largest absolute Gasteiger partial charge is 0.377 e. The zero-order valence-electron chi connectivity index (χ0n) is 21.0. The predicted molar refractivity (Wildman–Crippen MR) is 141 cm³/mol. The number of hydrogen-bond donors (Lipinski definition) is 1. The van der Waals surface area contributed by atoms with E-state index in [-0.39, 0.29) is 18.2 Å². The van der Waals surface area contributed by atoms with Crippen molar-refractivity contribution in [2.45, 2.75) is 19.6 Å². The van der Waals surface area contributed by atoms with Crippen LogP contribution in [0.25, 0.3) is 16.7 Å². The Bertz CT molecular complexity index is 1590. The summed E-state index contributed by atoms with van der Waals surface area (Å²) in [6.07, 6.45) is 3.93. The van der Waals surface area contributed by atoms with Crippen molar-refractivity contribution in [3.8, 4) is 0 Å². The minimum absolute atomic E-state index is 0.170. The van der Waals surface area contributed by atoms with E-state index in [0.717, 1.165) is 16.9 Å². The summed E-state index contributed by atoms with van der Waals surface area (Å²) < 4.78 is 9.12. The molecule has 0 atom stereocenters. The number of fused-ring (bicyclic) bond motifs is 2. The van der Waals surface area contributed by atoms with E-state index >= 15 is 0 Å². The van der Waals surface area contributed by atoms with Gasteiger partial charge in [0.15, 0.2) is 0 Å². The van der Waals surface area contributed by atoms with Gasteiger partial charge in [0.25, 0.3) is 5.91 Å². The van der Waals surface area contributed by atoms with E-state index in [2.05, 4.69) is 15.3 Å². The lowest BCUT2D eigenvalue weighted by Gasteiger charge is -2.19. The van der Waals surface area contributed by atoms with Gasteiger partial charge in [-0.1, -0.05) is 36.4 Å². The number of carbonyl (C=O) groups is 2. The number of anilines is 1. The van der Waals surface area contributed by atoms with E-state index in [1.165, 1.54) is 0 Å². The minimum atomic E-state index is -0.193. The van der Waals surface area contributed by atoms with E-state index in [4.69, 9.17) is 4.74 Å². The number of methoxy groups -OCH3 is 1. The maximum absolute atomic E-state index is 13.8. The van der Waals surface area contributed by atoms with Crippen LogP contribution in [0.4, 0.5) is 5.69 Å². The van der Waals surface area contributed by atoms with Crippen molar-refractivity contribution in [2.75, 3.05) is 19.5 Å². The number of pyridine rings is 1. The quantitative estimate of drug-likeness (QED) is 0.353. The number of aromatic nitrogens is 4. The second-order valence-electron chi connectivity index (χ2n) is 8.96. The third-order valence-corrected chi connectivity index (χ3v) is 6.30. The van der Waals surface area contributed by atoms with Crippen LogP contribution in [0.5, 0.6) is 0 Å². The second kappa shape index (κ2) is 10.2. The molecule has 9 nitrogen and oxygen atoms in total. The van der Waals surface area contributed by atoms with Gasteiger partial charge in [-0.25, -0.2) is 9.97 Å². The van der Waals surface area contributed by atoms with Crippen LogP contribution in [-0.2, 0) is 36.2 Å². The fourth-order valence-corrected chi connectivity index (χ4v) is 4.50. The summed E-state index contributed by atoms with van der Waals surface area (Å²) in [5.74, 6) is 0.321. The monoisotopic (exact) mass is 496 g/mol. The molecule has 0 aliphatic carbocycles. The van der Waals surface area contributed by atoms with Crippen molar-refractivity contribution in [2.24, 2.45) is 7.05 Å². The molecular weight excluding hydrogens is 468 g/mol. The Morgan fingerprint density at radius 1 is 1.08 bits per heavy atom. The highest BCUT2D eigenvalue weighted by Crippen LogP contribution is 2.27. The number of aryl methyl sites for hydroxylation is 1. The molecule has 37 heavy (non-hydrogen) atoms. The summed E-state index contributed by atoms with van der Waals surface area (Å²) in [6, 6.07) is 18.8. The van der Waals surface area contributed by atoms with Gasteiger partial charge in [-0.2, -0.15) is 0 Å². The molecule has 1 N–H and O–H groups in total. The molecule has 5 rings (SSSR count). The first kappa shape index (κ1) is 24.2. The molecule has 2 amide bonds. The van der Waals surface area contributed by atoms with Crippen molar-refractivity contribution >= 4 is 34.2 Å². The second-order valence-corrected chi connectivity index (χ2v) is 8.96. The first-order valence-electron chi connectivity index (χ1n) is 11.9. The molecule has 0 unspecified atom stereocenters. The fourth-order valence-electron chi connectivity index (χ4n) is 4.50. The lowest BCUT2D eigenvalue weighted by Crippen LogP contribution is -2.27. The van der Waals surface area contributed by atoms with Crippen molar-refractivity contribution in [1.82, 2.24) is 23.8 Å². The zero-order valence-corrected chi connectivity index (χ0v) is 21.0. The molecule has 0 spiro atoms. The SMILES string of the molecule is COCc1nc2cc(NC(=O)Cc3ccccc3)cc(C(=O)N(C)Cc3cnc4ccccn34)c2n1C. The average molecular weight is 497 g/mol. The molecule has 0 fully saturated rings. The number of ether oxygens (including phenoxy) is 1. The van der Waals surface area contributed by atoms with Crippen LogP contribution in [0.15, 0.2) is 73.1 Å². The standard InChI is InChI=1S/C28H28N6O3/c1-32(17-21-16-29-24-11-7-8-12-34(21)24)28(36)22-14-20(30-26(35)13-19-9-5-4-6-10-19)15-23-27(22)33(2)25(31-23)18-37-3/h4-12,14-16H,13,17-18H2,1-3H3,(H,30,35). The van der Waals surface area contributed by atoms with Gasteiger partial charge < -0.3 is 23.9 Å². The lowest BCUT2D eigenvalue weighted by molar-refractivity contribution is -0.115. The van der Waals surface area contributed by atoms with Crippen LogP contribution in [-0.4, -0.2) is 49.8 Å². The van der Waals surface area contributed by atoms with Crippen molar-refractivity contribution in [3.63, 3.8) is 0 Å². The molecule has 3 heterocycles. The van der Waals surface area contributed by atoms with Gasteiger partial charge in [0.1, 0.15) is 18.1 Å². The first-order chi connectivity index (χ1) is 17.9. The van der Waals surface area contributed by atoms with E-state index in [0.29, 0.717) is 41.3 Å². The molecule has 2 aromatic carbocycles. The molecule has 0 aliphatic heterocycles. The molecular formula is C28H28N6O3. The number of nitrogens with one attached hydrogen (secondary N) is 1. The highest BCUT2D eigenvalue weighted by atomic mass is 16.5. The Labute approximate surface area is 214 Å². The number of benzene rings is 2. The Morgan fingerprint density at radius 2 is 1.86 bits per heavy atom. The number of imidazole rings is 2.